The summed E-state index contributed by atoms with van der Waals surface area (Å²) in [5.41, 5.74) is 1.15. The van der Waals surface area contributed by atoms with Gasteiger partial charge in [0.25, 0.3) is 5.56 Å². The number of pyridine rings is 1. The van der Waals surface area contributed by atoms with Crippen LogP contribution in [-0.2, 0) is 11.3 Å². The lowest BCUT2D eigenvalue weighted by molar-refractivity contribution is -0.131. The quantitative estimate of drug-likeness (QED) is 0.940. The fourth-order valence-corrected chi connectivity index (χ4v) is 3.66. The Bertz CT molecular complexity index is 852. The number of nitrogens with one attached hydrogen (secondary N) is 1. The molecule has 6 heteroatoms. The van der Waals surface area contributed by atoms with Crippen LogP contribution in [0.15, 0.2) is 23.0 Å². The zero-order chi connectivity index (χ0) is 16.7. The van der Waals surface area contributed by atoms with Crippen LogP contribution in [0.1, 0.15) is 38.2 Å². The number of H-pyrrole nitrogens is 1. The van der Waals surface area contributed by atoms with Crippen LogP contribution in [0.5, 0.6) is 11.5 Å². The van der Waals surface area contributed by atoms with E-state index in [1.165, 1.54) is 0 Å². The summed E-state index contributed by atoms with van der Waals surface area (Å²) < 4.78 is 10.7. The Morgan fingerprint density at radius 2 is 1.92 bits per heavy atom. The molecule has 0 saturated heterocycles. The maximum atomic E-state index is 12.4. The number of ether oxygens (including phenoxy) is 2. The Balaban J connectivity index is 1.70. The first-order valence-corrected chi connectivity index (χ1v) is 8.34. The molecular weight excluding hydrogens is 308 g/mol. The van der Waals surface area contributed by atoms with Crippen molar-refractivity contribution >= 4 is 16.8 Å². The average molecular weight is 328 g/mol. The number of fused-ring (bicyclic) bond motifs is 2. The molecule has 1 saturated carbocycles. The lowest BCUT2D eigenvalue weighted by Gasteiger charge is -2.27. The molecular formula is C18H20N2O4. The second kappa shape index (κ2) is 5.85. The first-order valence-electron chi connectivity index (χ1n) is 8.34. The average Bonchev–Trinajstić information content (AvgIpc) is 3.21. The number of rotatable bonds is 3. The number of carbonyl (C=O) groups excluding carboxylic acids is 1. The van der Waals surface area contributed by atoms with Gasteiger partial charge in [0.05, 0.1) is 12.1 Å². The molecule has 2 aliphatic rings. The van der Waals surface area contributed by atoms with Gasteiger partial charge in [0.2, 0.25) is 12.7 Å². The SMILES string of the molecule is CC(=O)N(Cc1cc2cc3c(cc2[nH]c1=O)OCO3)C1CCCC1. The Hall–Kier alpha value is -2.50. The van der Waals surface area contributed by atoms with Gasteiger partial charge in [0.15, 0.2) is 11.5 Å². The van der Waals surface area contributed by atoms with Crippen LogP contribution in [0.3, 0.4) is 0 Å². The van der Waals surface area contributed by atoms with Gasteiger partial charge in [-0.15, -0.1) is 0 Å². The Kier molecular flexibility index (Phi) is 3.67. The number of hydrogen-bond acceptors (Lipinski definition) is 4. The van der Waals surface area contributed by atoms with Crippen molar-refractivity contribution in [2.75, 3.05) is 6.79 Å². The molecule has 0 spiro atoms. The van der Waals surface area contributed by atoms with E-state index >= 15 is 0 Å². The van der Waals surface area contributed by atoms with Gasteiger partial charge < -0.3 is 19.4 Å². The molecule has 1 aromatic carbocycles. The zero-order valence-corrected chi connectivity index (χ0v) is 13.6. The van der Waals surface area contributed by atoms with E-state index < -0.39 is 0 Å². The molecule has 0 unspecified atom stereocenters. The van der Waals surface area contributed by atoms with E-state index in [2.05, 4.69) is 4.98 Å². The summed E-state index contributed by atoms with van der Waals surface area (Å²) in [6, 6.07) is 5.74. The molecule has 1 amide bonds. The number of aromatic amines is 1. The molecule has 126 valence electrons. The van der Waals surface area contributed by atoms with E-state index in [4.69, 9.17) is 9.47 Å². The van der Waals surface area contributed by atoms with Gasteiger partial charge in [-0.3, -0.25) is 9.59 Å². The van der Waals surface area contributed by atoms with Crippen molar-refractivity contribution in [1.82, 2.24) is 9.88 Å². The molecule has 0 radical (unpaired) electrons. The highest BCUT2D eigenvalue weighted by atomic mass is 16.7. The summed E-state index contributed by atoms with van der Waals surface area (Å²) in [6.45, 7) is 2.12. The summed E-state index contributed by atoms with van der Waals surface area (Å²) in [6.07, 6.45) is 4.32. The van der Waals surface area contributed by atoms with Crippen LogP contribution in [0.2, 0.25) is 0 Å². The third-order valence-corrected chi connectivity index (χ3v) is 4.92. The van der Waals surface area contributed by atoms with Crippen LogP contribution in [0.4, 0.5) is 0 Å². The number of carbonyl (C=O) groups is 1. The van der Waals surface area contributed by atoms with Crippen molar-refractivity contribution in [3.8, 4) is 11.5 Å². The molecule has 24 heavy (non-hydrogen) atoms. The van der Waals surface area contributed by atoms with Gasteiger partial charge in [0, 0.05) is 30.0 Å². The molecule has 1 N–H and O–H groups in total. The van der Waals surface area contributed by atoms with Gasteiger partial charge in [-0.05, 0) is 25.0 Å². The second-order valence-corrected chi connectivity index (χ2v) is 6.50. The van der Waals surface area contributed by atoms with Crippen molar-refractivity contribution < 1.29 is 14.3 Å². The third kappa shape index (κ3) is 2.62. The van der Waals surface area contributed by atoms with Crippen LogP contribution in [0.25, 0.3) is 10.9 Å². The van der Waals surface area contributed by atoms with Gasteiger partial charge in [-0.2, -0.15) is 0 Å². The number of benzene rings is 1. The summed E-state index contributed by atoms with van der Waals surface area (Å²) in [7, 11) is 0. The molecule has 2 aromatic rings. The second-order valence-electron chi connectivity index (χ2n) is 6.50. The van der Waals surface area contributed by atoms with Gasteiger partial charge in [-0.25, -0.2) is 0 Å². The molecule has 6 nitrogen and oxygen atoms in total. The van der Waals surface area contributed by atoms with Crippen LogP contribution >= 0.6 is 0 Å². The highest BCUT2D eigenvalue weighted by Crippen LogP contribution is 2.35. The van der Waals surface area contributed by atoms with Crippen molar-refractivity contribution in [3.05, 3.63) is 34.1 Å². The van der Waals surface area contributed by atoms with Crippen molar-refractivity contribution in [2.24, 2.45) is 0 Å². The highest BCUT2D eigenvalue weighted by molar-refractivity contribution is 5.83. The van der Waals surface area contributed by atoms with Crippen molar-refractivity contribution in [1.29, 1.82) is 0 Å². The molecule has 1 aromatic heterocycles. The fraction of sp³-hybridized carbons (Fsp3) is 0.444. The monoisotopic (exact) mass is 328 g/mol. The minimum Gasteiger partial charge on any atom is -0.454 e. The summed E-state index contributed by atoms with van der Waals surface area (Å²) in [5, 5.41) is 0.878. The molecule has 0 bridgehead atoms. The van der Waals surface area contributed by atoms with Gasteiger partial charge in [-0.1, -0.05) is 12.8 Å². The predicted octanol–water partition coefficient (Wildman–Crippen LogP) is 2.55. The van der Waals surface area contributed by atoms with E-state index in [-0.39, 0.29) is 24.3 Å². The first kappa shape index (κ1) is 15.1. The number of amides is 1. The predicted molar refractivity (Wildman–Crippen MR) is 89.2 cm³/mol. The zero-order valence-electron chi connectivity index (χ0n) is 13.6. The van der Waals surface area contributed by atoms with Crippen LogP contribution in [0, 0.1) is 0 Å². The molecule has 1 aliphatic heterocycles. The lowest BCUT2D eigenvalue weighted by atomic mass is 10.1. The first-order chi connectivity index (χ1) is 11.6. The summed E-state index contributed by atoms with van der Waals surface area (Å²) in [4.78, 5) is 29.2. The topological polar surface area (TPSA) is 71.6 Å². The maximum Gasteiger partial charge on any atom is 0.253 e. The lowest BCUT2D eigenvalue weighted by Crippen LogP contribution is -2.38. The fourth-order valence-electron chi connectivity index (χ4n) is 3.66. The largest absolute Gasteiger partial charge is 0.454 e. The van der Waals surface area contributed by atoms with E-state index in [0.29, 0.717) is 29.1 Å². The third-order valence-electron chi connectivity index (χ3n) is 4.92. The van der Waals surface area contributed by atoms with E-state index in [1.807, 2.05) is 17.0 Å². The van der Waals surface area contributed by atoms with E-state index in [1.54, 1.807) is 13.0 Å². The number of aromatic nitrogens is 1. The van der Waals surface area contributed by atoms with E-state index in [0.717, 1.165) is 31.1 Å². The molecule has 2 heterocycles. The number of hydrogen-bond donors (Lipinski definition) is 1. The van der Waals surface area contributed by atoms with Crippen LogP contribution in [-0.4, -0.2) is 28.6 Å². The Labute approximate surface area is 139 Å². The Morgan fingerprint density at radius 1 is 1.21 bits per heavy atom. The number of nitrogens with zero attached hydrogens (tertiary/aromatic N) is 1. The minimum atomic E-state index is -0.161. The smallest absolute Gasteiger partial charge is 0.253 e. The maximum absolute atomic E-state index is 12.4. The highest BCUT2D eigenvalue weighted by Gasteiger charge is 2.25. The minimum absolute atomic E-state index is 0.0204. The van der Waals surface area contributed by atoms with Gasteiger partial charge >= 0.3 is 0 Å². The molecule has 1 aliphatic carbocycles. The summed E-state index contributed by atoms with van der Waals surface area (Å²) in [5.74, 6) is 1.34. The standard InChI is InChI=1S/C18H20N2O4/c1-11(21)20(14-4-2-3-5-14)9-13-6-12-7-16-17(24-10-23-16)8-15(12)19-18(13)22/h6-8,14H,2-5,9-10H2,1H3,(H,19,22). The van der Waals surface area contributed by atoms with Crippen LogP contribution < -0.4 is 15.0 Å². The summed E-state index contributed by atoms with van der Waals surface area (Å²) >= 11 is 0. The molecule has 0 atom stereocenters. The normalized spacial score (nSPS) is 16.7. The van der Waals surface area contributed by atoms with Gasteiger partial charge in [0.1, 0.15) is 0 Å². The molecule has 4 rings (SSSR count). The van der Waals surface area contributed by atoms with Crippen molar-refractivity contribution in [2.45, 2.75) is 45.2 Å². The van der Waals surface area contributed by atoms with E-state index in [9.17, 15) is 9.59 Å². The van der Waals surface area contributed by atoms with Crippen molar-refractivity contribution in [3.63, 3.8) is 0 Å². The Morgan fingerprint density at radius 3 is 2.62 bits per heavy atom. The molecule has 1 fully saturated rings.